The van der Waals surface area contributed by atoms with Crippen LogP contribution in [0.15, 0.2) is 24.3 Å². The molecule has 1 aromatic carbocycles. The van der Waals surface area contributed by atoms with E-state index in [2.05, 4.69) is 0 Å². The average molecular weight is 257 g/mol. The fourth-order valence-corrected chi connectivity index (χ4v) is 1.47. The zero-order valence-corrected chi connectivity index (χ0v) is 10.9. The molecule has 94 valence electrons. The van der Waals surface area contributed by atoms with Gasteiger partial charge in [-0.1, -0.05) is 24.6 Å². The Bertz CT molecular complexity index is 365. The van der Waals surface area contributed by atoms with Gasteiger partial charge in [0.15, 0.2) is 0 Å². The first-order chi connectivity index (χ1) is 8.11. The number of carbonyl (C=O) groups excluding carboxylic acids is 1. The molecule has 0 N–H and O–H groups in total. The maximum absolute atomic E-state index is 11.2. The number of benzene rings is 1. The van der Waals surface area contributed by atoms with Gasteiger partial charge in [-0.05, 0) is 31.5 Å². The van der Waals surface area contributed by atoms with Crippen LogP contribution in [-0.2, 0) is 9.53 Å². The van der Waals surface area contributed by atoms with Gasteiger partial charge in [-0.2, -0.15) is 0 Å². The summed E-state index contributed by atoms with van der Waals surface area (Å²) in [6.07, 6.45) is 1.06. The Labute approximate surface area is 107 Å². The fraction of sp³-hybridized carbons (Fsp3) is 0.462. The van der Waals surface area contributed by atoms with Crippen LogP contribution in [0.1, 0.15) is 26.7 Å². The maximum Gasteiger partial charge on any atom is 0.305 e. The molecule has 4 heteroatoms. The molecular weight excluding hydrogens is 240 g/mol. The smallest absolute Gasteiger partial charge is 0.305 e. The van der Waals surface area contributed by atoms with Gasteiger partial charge in [0, 0.05) is 11.4 Å². The van der Waals surface area contributed by atoms with Crippen LogP contribution < -0.4 is 4.74 Å². The van der Waals surface area contributed by atoms with Gasteiger partial charge in [0.1, 0.15) is 18.5 Å². The quantitative estimate of drug-likeness (QED) is 0.732. The zero-order chi connectivity index (χ0) is 12.7. The summed E-state index contributed by atoms with van der Waals surface area (Å²) < 4.78 is 10.6. The fourth-order valence-electron chi connectivity index (χ4n) is 1.29. The predicted octanol–water partition coefficient (Wildman–Crippen LogP) is 3.45. The van der Waals surface area contributed by atoms with E-state index >= 15 is 0 Å². The molecule has 1 rings (SSSR count). The maximum atomic E-state index is 11.2. The number of rotatable bonds is 6. The second-order valence-electron chi connectivity index (χ2n) is 3.82. The first-order valence-electron chi connectivity index (χ1n) is 5.69. The Morgan fingerprint density at radius 1 is 1.47 bits per heavy atom. The summed E-state index contributed by atoms with van der Waals surface area (Å²) in [5.41, 5.74) is 0. The molecule has 0 amide bonds. The van der Waals surface area contributed by atoms with Crippen LogP contribution in [0.3, 0.4) is 0 Å². The van der Waals surface area contributed by atoms with Crippen molar-refractivity contribution in [3.63, 3.8) is 0 Å². The monoisotopic (exact) mass is 256 g/mol. The van der Waals surface area contributed by atoms with Crippen LogP contribution in [0, 0.1) is 0 Å². The number of ether oxygens (including phenoxy) is 2. The lowest BCUT2D eigenvalue weighted by molar-refractivity contribution is -0.145. The van der Waals surface area contributed by atoms with Crippen molar-refractivity contribution in [3.8, 4) is 5.75 Å². The van der Waals surface area contributed by atoms with Crippen LogP contribution in [0.5, 0.6) is 5.75 Å². The molecule has 1 aromatic rings. The lowest BCUT2D eigenvalue weighted by Gasteiger charge is -2.14. The van der Waals surface area contributed by atoms with Crippen molar-refractivity contribution in [1.29, 1.82) is 0 Å². The molecule has 0 spiro atoms. The molecule has 0 aliphatic heterocycles. The second kappa shape index (κ2) is 7.17. The predicted molar refractivity (Wildman–Crippen MR) is 67.4 cm³/mol. The van der Waals surface area contributed by atoms with Gasteiger partial charge >= 0.3 is 5.97 Å². The van der Waals surface area contributed by atoms with E-state index in [0.29, 0.717) is 17.2 Å². The molecule has 0 aliphatic carbocycles. The first-order valence-corrected chi connectivity index (χ1v) is 6.07. The molecule has 0 unspecified atom stereocenters. The summed E-state index contributed by atoms with van der Waals surface area (Å²) in [7, 11) is 0. The molecular formula is C13H17ClO3. The normalized spacial score (nSPS) is 11.9. The van der Waals surface area contributed by atoms with Crippen molar-refractivity contribution in [2.75, 3.05) is 6.61 Å². The van der Waals surface area contributed by atoms with E-state index in [9.17, 15) is 4.79 Å². The Morgan fingerprint density at radius 3 is 2.88 bits per heavy atom. The third-order valence-corrected chi connectivity index (χ3v) is 2.30. The van der Waals surface area contributed by atoms with Gasteiger partial charge in [-0.15, -0.1) is 0 Å². The van der Waals surface area contributed by atoms with Gasteiger partial charge < -0.3 is 9.47 Å². The summed E-state index contributed by atoms with van der Waals surface area (Å²) in [5, 5.41) is 0.623. The molecule has 0 radical (unpaired) electrons. The lowest BCUT2D eigenvalue weighted by Crippen LogP contribution is -2.21. The summed E-state index contributed by atoms with van der Waals surface area (Å²) in [6, 6.07) is 7.13. The molecule has 0 aliphatic rings. The number of hydrogen-bond donors (Lipinski definition) is 0. The molecule has 0 bridgehead atoms. The van der Waals surface area contributed by atoms with E-state index in [0.717, 1.165) is 6.42 Å². The van der Waals surface area contributed by atoms with Gasteiger partial charge in [-0.25, -0.2) is 0 Å². The standard InChI is InChI=1S/C13H17ClO3/c1-3-5-13(15)16-9-10(2)17-12-7-4-6-11(14)8-12/h4,6-8,10H,3,5,9H2,1-2H3/t10-/m0/s1. The number of hydrogen-bond acceptors (Lipinski definition) is 3. The Morgan fingerprint density at radius 2 is 2.24 bits per heavy atom. The van der Waals surface area contributed by atoms with Gasteiger partial charge in [0.2, 0.25) is 0 Å². The third-order valence-electron chi connectivity index (χ3n) is 2.07. The molecule has 0 fully saturated rings. The largest absolute Gasteiger partial charge is 0.487 e. The topological polar surface area (TPSA) is 35.5 Å². The van der Waals surface area contributed by atoms with Crippen LogP contribution in [0.4, 0.5) is 0 Å². The molecule has 0 aromatic heterocycles. The highest BCUT2D eigenvalue weighted by atomic mass is 35.5. The van der Waals surface area contributed by atoms with Crippen LogP contribution in [0.2, 0.25) is 5.02 Å². The minimum atomic E-state index is -0.186. The van der Waals surface area contributed by atoms with Crippen molar-refractivity contribution in [2.24, 2.45) is 0 Å². The lowest BCUT2D eigenvalue weighted by atomic mass is 10.3. The van der Waals surface area contributed by atoms with Crippen molar-refractivity contribution >= 4 is 17.6 Å². The Balaban J connectivity index is 2.34. The Hall–Kier alpha value is -1.22. The van der Waals surface area contributed by atoms with E-state index in [4.69, 9.17) is 21.1 Å². The molecule has 1 atom stereocenters. The molecule has 0 saturated heterocycles. The number of carbonyl (C=O) groups is 1. The SMILES string of the molecule is CCCC(=O)OC[C@H](C)Oc1cccc(Cl)c1. The minimum absolute atomic E-state index is 0.186. The van der Waals surface area contributed by atoms with E-state index in [1.54, 1.807) is 12.1 Å². The van der Waals surface area contributed by atoms with Crippen LogP contribution in [-0.4, -0.2) is 18.7 Å². The first kappa shape index (κ1) is 13.8. The van der Waals surface area contributed by atoms with Gasteiger partial charge in [-0.3, -0.25) is 4.79 Å². The highest BCUT2D eigenvalue weighted by Gasteiger charge is 2.08. The highest BCUT2D eigenvalue weighted by Crippen LogP contribution is 2.18. The van der Waals surface area contributed by atoms with E-state index in [-0.39, 0.29) is 18.7 Å². The van der Waals surface area contributed by atoms with E-state index < -0.39 is 0 Å². The highest BCUT2D eigenvalue weighted by molar-refractivity contribution is 6.30. The van der Waals surface area contributed by atoms with Crippen molar-refractivity contribution in [2.45, 2.75) is 32.8 Å². The zero-order valence-electron chi connectivity index (χ0n) is 10.1. The second-order valence-corrected chi connectivity index (χ2v) is 4.26. The summed E-state index contributed by atoms with van der Waals surface area (Å²) in [4.78, 5) is 11.2. The molecule has 0 heterocycles. The molecule has 0 saturated carbocycles. The minimum Gasteiger partial charge on any atom is -0.487 e. The van der Waals surface area contributed by atoms with Gasteiger partial charge in [0.25, 0.3) is 0 Å². The Kier molecular flexibility index (Phi) is 5.84. The third kappa shape index (κ3) is 5.59. The number of esters is 1. The van der Waals surface area contributed by atoms with Crippen molar-refractivity contribution in [1.82, 2.24) is 0 Å². The summed E-state index contributed by atoms with van der Waals surface area (Å²) in [5.74, 6) is 0.491. The molecule has 17 heavy (non-hydrogen) atoms. The van der Waals surface area contributed by atoms with Crippen LogP contribution >= 0.6 is 11.6 Å². The molecule has 3 nitrogen and oxygen atoms in total. The van der Waals surface area contributed by atoms with Crippen molar-refractivity contribution in [3.05, 3.63) is 29.3 Å². The van der Waals surface area contributed by atoms with E-state index in [1.807, 2.05) is 26.0 Å². The van der Waals surface area contributed by atoms with Crippen LogP contribution in [0.25, 0.3) is 0 Å². The summed E-state index contributed by atoms with van der Waals surface area (Å²) >= 11 is 5.83. The number of halogens is 1. The summed E-state index contributed by atoms with van der Waals surface area (Å²) in [6.45, 7) is 4.04. The van der Waals surface area contributed by atoms with Gasteiger partial charge in [0.05, 0.1) is 0 Å². The van der Waals surface area contributed by atoms with E-state index in [1.165, 1.54) is 0 Å². The van der Waals surface area contributed by atoms with Crippen molar-refractivity contribution < 1.29 is 14.3 Å². The average Bonchev–Trinajstić information content (AvgIpc) is 2.27.